The van der Waals surface area contributed by atoms with Crippen LogP contribution in [0.3, 0.4) is 0 Å². The summed E-state index contributed by atoms with van der Waals surface area (Å²) < 4.78 is 0. The molecular formula is C10H14OS. The molecule has 1 aromatic heterocycles. The molecule has 1 saturated carbocycles. The predicted octanol–water partition coefficient (Wildman–Crippen LogP) is 2.67. The lowest BCUT2D eigenvalue weighted by molar-refractivity contribution is 0.0329. The van der Waals surface area contributed by atoms with Gasteiger partial charge in [0.2, 0.25) is 0 Å². The minimum absolute atomic E-state index is 0.505. The van der Waals surface area contributed by atoms with E-state index in [1.54, 1.807) is 11.3 Å². The Morgan fingerprint density at radius 2 is 2.25 bits per heavy atom. The number of rotatable bonds is 2. The second kappa shape index (κ2) is 2.57. The van der Waals surface area contributed by atoms with Gasteiger partial charge >= 0.3 is 0 Å². The first-order valence-electron chi connectivity index (χ1n) is 4.39. The van der Waals surface area contributed by atoms with Crippen molar-refractivity contribution in [2.45, 2.75) is 32.3 Å². The summed E-state index contributed by atoms with van der Waals surface area (Å²) >= 11 is 1.72. The summed E-state index contributed by atoms with van der Waals surface area (Å²) in [5.74, 6) is 0.505. The molecule has 1 nitrogen and oxygen atoms in total. The molecule has 0 bridgehead atoms. The van der Waals surface area contributed by atoms with Gasteiger partial charge in [-0.2, -0.15) is 0 Å². The van der Waals surface area contributed by atoms with Crippen molar-refractivity contribution in [3.63, 3.8) is 0 Å². The highest BCUT2D eigenvalue weighted by Crippen LogP contribution is 2.46. The molecule has 0 aromatic carbocycles. The lowest BCUT2D eigenvalue weighted by atomic mass is 9.92. The normalized spacial score (nSPS) is 22.2. The average Bonchev–Trinajstić information content (AvgIpc) is 2.75. The van der Waals surface area contributed by atoms with Gasteiger partial charge in [-0.3, -0.25) is 0 Å². The molecule has 1 fully saturated rings. The van der Waals surface area contributed by atoms with Crippen molar-refractivity contribution in [2.24, 2.45) is 5.92 Å². The van der Waals surface area contributed by atoms with Crippen LogP contribution in [0, 0.1) is 12.8 Å². The van der Waals surface area contributed by atoms with E-state index in [1.807, 2.05) is 6.92 Å². The molecule has 1 aromatic rings. The fraction of sp³-hybridized carbons (Fsp3) is 0.600. The standard InChI is InChI=1S/C10H14OS/c1-7-9(5-6-12-7)10(2,11)8-3-4-8/h5-6,8,11H,3-4H2,1-2H3. The Bertz CT molecular complexity index is 284. The first-order chi connectivity index (χ1) is 5.62. The highest BCUT2D eigenvalue weighted by Gasteiger charge is 2.42. The van der Waals surface area contributed by atoms with E-state index in [-0.39, 0.29) is 0 Å². The third-order valence-electron chi connectivity index (χ3n) is 2.78. The minimum atomic E-state index is -0.565. The molecule has 12 heavy (non-hydrogen) atoms. The Balaban J connectivity index is 2.33. The number of hydrogen-bond donors (Lipinski definition) is 1. The van der Waals surface area contributed by atoms with Crippen molar-refractivity contribution < 1.29 is 5.11 Å². The van der Waals surface area contributed by atoms with Crippen molar-refractivity contribution in [3.8, 4) is 0 Å². The molecule has 1 heterocycles. The van der Waals surface area contributed by atoms with Crippen LogP contribution in [0.2, 0.25) is 0 Å². The lowest BCUT2D eigenvalue weighted by Gasteiger charge is -2.23. The predicted molar refractivity (Wildman–Crippen MR) is 51.4 cm³/mol. The summed E-state index contributed by atoms with van der Waals surface area (Å²) in [6.45, 7) is 4.02. The summed E-state index contributed by atoms with van der Waals surface area (Å²) in [5.41, 5.74) is 0.569. The Kier molecular flexibility index (Phi) is 1.77. The van der Waals surface area contributed by atoms with E-state index in [0.29, 0.717) is 5.92 Å². The van der Waals surface area contributed by atoms with Crippen LogP contribution in [0.4, 0.5) is 0 Å². The molecule has 0 saturated heterocycles. The van der Waals surface area contributed by atoms with Crippen LogP contribution in [-0.2, 0) is 5.60 Å². The maximum Gasteiger partial charge on any atom is 0.0907 e. The minimum Gasteiger partial charge on any atom is -0.385 e. The van der Waals surface area contributed by atoms with Gasteiger partial charge < -0.3 is 5.11 Å². The van der Waals surface area contributed by atoms with Crippen LogP contribution in [0.5, 0.6) is 0 Å². The Hall–Kier alpha value is -0.340. The topological polar surface area (TPSA) is 20.2 Å². The van der Waals surface area contributed by atoms with Gasteiger partial charge in [0.25, 0.3) is 0 Å². The molecule has 0 radical (unpaired) electrons. The fourth-order valence-corrected chi connectivity index (χ4v) is 2.59. The third kappa shape index (κ3) is 1.19. The molecular weight excluding hydrogens is 168 g/mol. The van der Waals surface area contributed by atoms with Gasteiger partial charge in [-0.05, 0) is 49.6 Å². The third-order valence-corrected chi connectivity index (χ3v) is 3.62. The molecule has 2 rings (SSSR count). The van der Waals surface area contributed by atoms with Gasteiger partial charge in [0.15, 0.2) is 0 Å². The molecule has 1 aliphatic carbocycles. The van der Waals surface area contributed by atoms with Crippen LogP contribution in [0.1, 0.15) is 30.2 Å². The summed E-state index contributed by atoms with van der Waals surface area (Å²) in [7, 11) is 0. The van der Waals surface area contributed by atoms with Gasteiger partial charge in [0.1, 0.15) is 0 Å². The first kappa shape index (κ1) is 8.27. The van der Waals surface area contributed by atoms with Gasteiger partial charge in [0, 0.05) is 4.88 Å². The lowest BCUT2D eigenvalue weighted by Crippen LogP contribution is -2.23. The van der Waals surface area contributed by atoms with Crippen molar-refractivity contribution in [2.75, 3.05) is 0 Å². The summed E-state index contributed by atoms with van der Waals surface area (Å²) in [6, 6.07) is 2.05. The number of thiophene rings is 1. The van der Waals surface area contributed by atoms with Crippen molar-refractivity contribution in [3.05, 3.63) is 21.9 Å². The van der Waals surface area contributed by atoms with E-state index < -0.39 is 5.60 Å². The first-order valence-corrected chi connectivity index (χ1v) is 5.27. The molecule has 0 amide bonds. The highest BCUT2D eigenvalue weighted by molar-refractivity contribution is 7.10. The van der Waals surface area contributed by atoms with Crippen LogP contribution in [0.25, 0.3) is 0 Å². The smallest absolute Gasteiger partial charge is 0.0907 e. The second-order valence-corrected chi connectivity index (χ2v) is 4.93. The molecule has 2 heteroatoms. The molecule has 1 N–H and O–H groups in total. The summed E-state index contributed by atoms with van der Waals surface area (Å²) in [4.78, 5) is 1.26. The molecule has 0 spiro atoms. The molecule has 1 atom stereocenters. The van der Waals surface area contributed by atoms with Crippen LogP contribution >= 0.6 is 11.3 Å². The van der Waals surface area contributed by atoms with Crippen molar-refractivity contribution in [1.82, 2.24) is 0 Å². The Morgan fingerprint density at radius 1 is 1.58 bits per heavy atom. The van der Waals surface area contributed by atoms with Crippen LogP contribution < -0.4 is 0 Å². The van der Waals surface area contributed by atoms with Crippen LogP contribution in [0.15, 0.2) is 11.4 Å². The van der Waals surface area contributed by atoms with Gasteiger partial charge in [-0.1, -0.05) is 0 Å². The fourth-order valence-electron chi connectivity index (χ4n) is 1.78. The van der Waals surface area contributed by atoms with Gasteiger partial charge in [-0.15, -0.1) is 11.3 Å². The monoisotopic (exact) mass is 182 g/mol. The van der Waals surface area contributed by atoms with E-state index in [9.17, 15) is 5.11 Å². The summed E-state index contributed by atoms with van der Waals surface area (Å²) in [5, 5.41) is 12.3. The Labute approximate surface area is 77.0 Å². The largest absolute Gasteiger partial charge is 0.385 e. The van der Waals surface area contributed by atoms with E-state index in [2.05, 4.69) is 18.4 Å². The molecule has 1 aliphatic rings. The average molecular weight is 182 g/mol. The zero-order chi connectivity index (χ0) is 8.77. The quantitative estimate of drug-likeness (QED) is 0.745. The second-order valence-electron chi connectivity index (χ2n) is 3.81. The van der Waals surface area contributed by atoms with E-state index in [0.717, 1.165) is 5.56 Å². The molecule has 1 unspecified atom stereocenters. The number of hydrogen-bond acceptors (Lipinski definition) is 2. The Morgan fingerprint density at radius 3 is 2.67 bits per heavy atom. The SMILES string of the molecule is Cc1sccc1C(C)(O)C1CC1. The zero-order valence-corrected chi connectivity index (χ0v) is 8.32. The molecule has 0 aliphatic heterocycles. The van der Waals surface area contributed by atoms with E-state index in [4.69, 9.17) is 0 Å². The highest BCUT2D eigenvalue weighted by atomic mass is 32.1. The van der Waals surface area contributed by atoms with E-state index in [1.165, 1.54) is 17.7 Å². The molecule has 66 valence electrons. The van der Waals surface area contributed by atoms with Crippen LogP contribution in [-0.4, -0.2) is 5.11 Å². The van der Waals surface area contributed by atoms with Crippen molar-refractivity contribution >= 4 is 11.3 Å². The summed E-state index contributed by atoms with van der Waals surface area (Å²) in [6.07, 6.45) is 2.37. The maximum atomic E-state index is 10.2. The van der Waals surface area contributed by atoms with Gasteiger partial charge in [0.05, 0.1) is 5.60 Å². The maximum absolute atomic E-state index is 10.2. The number of aryl methyl sites for hydroxylation is 1. The van der Waals surface area contributed by atoms with Gasteiger partial charge in [-0.25, -0.2) is 0 Å². The zero-order valence-electron chi connectivity index (χ0n) is 7.50. The van der Waals surface area contributed by atoms with Crippen molar-refractivity contribution in [1.29, 1.82) is 0 Å². The number of aliphatic hydroxyl groups is 1. The van der Waals surface area contributed by atoms with E-state index >= 15 is 0 Å².